The normalized spacial score (nSPS) is 14.2. The minimum absolute atomic E-state index is 0.272. The molecule has 0 saturated carbocycles. The molecule has 0 spiro atoms. The van der Waals surface area contributed by atoms with E-state index in [1.54, 1.807) is 0 Å². The van der Waals surface area contributed by atoms with E-state index in [-0.39, 0.29) is 11.2 Å². The number of aromatic nitrogens is 1. The van der Waals surface area contributed by atoms with Gasteiger partial charge >= 0.3 is 0 Å². The summed E-state index contributed by atoms with van der Waals surface area (Å²) in [5.74, 6) is -7.59. The fraction of sp³-hybridized carbons (Fsp3) is 0.267. The van der Waals surface area contributed by atoms with Crippen LogP contribution in [0, 0.1) is 11.6 Å². The third-order valence-electron chi connectivity index (χ3n) is 3.70. The maximum absolute atomic E-state index is 14.7. The molecule has 1 atom stereocenters. The van der Waals surface area contributed by atoms with Crippen LogP contribution in [-0.4, -0.2) is 31.1 Å². The highest BCUT2D eigenvalue weighted by Gasteiger charge is 2.49. The van der Waals surface area contributed by atoms with Crippen molar-refractivity contribution in [1.82, 2.24) is 4.57 Å². The fourth-order valence-corrected chi connectivity index (χ4v) is 4.18. The van der Waals surface area contributed by atoms with Crippen LogP contribution in [-0.2, 0) is 17.1 Å². The lowest BCUT2D eigenvalue weighted by molar-refractivity contribution is -0.0135. The Morgan fingerprint density at radius 2 is 1.74 bits per heavy atom. The van der Waals surface area contributed by atoms with E-state index in [0.717, 1.165) is 35.9 Å². The molecule has 0 bridgehead atoms. The zero-order chi connectivity index (χ0) is 20.7. The molecule has 148 valence electrons. The predicted octanol–water partition coefficient (Wildman–Crippen LogP) is 2.55. The first-order valence-electron chi connectivity index (χ1n) is 7.24. The van der Waals surface area contributed by atoms with E-state index in [2.05, 4.69) is 0 Å². The molecule has 1 amide bonds. The zero-order valence-corrected chi connectivity index (χ0v) is 14.8. The van der Waals surface area contributed by atoms with E-state index in [0.29, 0.717) is 6.20 Å². The second-order valence-electron chi connectivity index (χ2n) is 5.70. The maximum Gasteiger partial charge on any atom is 0.291 e. The van der Waals surface area contributed by atoms with Crippen molar-refractivity contribution in [3.63, 3.8) is 0 Å². The fourth-order valence-electron chi connectivity index (χ4n) is 2.42. The number of sulfonamides is 1. The van der Waals surface area contributed by atoms with Crippen LogP contribution in [0.4, 0.5) is 27.6 Å². The summed E-state index contributed by atoms with van der Waals surface area (Å²) < 4.78 is 94.8. The second-order valence-corrected chi connectivity index (χ2v) is 7.46. The number of carbonyl (C=O) groups is 1. The van der Waals surface area contributed by atoms with Crippen LogP contribution in [0.15, 0.2) is 35.4 Å². The first-order valence-corrected chi connectivity index (χ1v) is 8.68. The van der Waals surface area contributed by atoms with Crippen LogP contribution < -0.4 is 10.0 Å². The molecule has 2 N–H and O–H groups in total. The van der Waals surface area contributed by atoms with Gasteiger partial charge in [0.1, 0.15) is 16.4 Å². The molecule has 0 radical (unpaired) electrons. The Morgan fingerprint density at radius 3 is 2.15 bits per heavy atom. The Labute approximate surface area is 151 Å². The predicted molar refractivity (Wildman–Crippen MR) is 85.5 cm³/mol. The molecule has 1 heterocycles. The summed E-state index contributed by atoms with van der Waals surface area (Å²) in [7, 11) is -4.19. The Hall–Kier alpha value is -2.63. The van der Waals surface area contributed by atoms with Crippen molar-refractivity contribution in [2.45, 2.75) is 24.0 Å². The number of halogens is 5. The Bertz CT molecular complexity index is 971. The van der Waals surface area contributed by atoms with Crippen molar-refractivity contribution in [2.24, 2.45) is 12.8 Å². The SMILES string of the molecule is Cn1cc(S(=O)(=O)N(c2ccc(F)cc2)[C@](C)(F)C(F)F)c(F)c1C(N)=O. The van der Waals surface area contributed by atoms with Crippen molar-refractivity contribution in [3.05, 3.63) is 47.8 Å². The molecule has 12 heteroatoms. The average molecular weight is 411 g/mol. The van der Waals surface area contributed by atoms with Gasteiger partial charge in [-0.05, 0) is 31.2 Å². The number of rotatable bonds is 6. The van der Waals surface area contributed by atoms with E-state index in [9.17, 15) is 35.2 Å². The van der Waals surface area contributed by atoms with Crippen LogP contribution in [0.25, 0.3) is 0 Å². The van der Waals surface area contributed by atoms with Crippen molar-refractivity contribution >= 4 is 21.6 Å². The van der Waals surface area contributed by atoms with Gasteiger partial charge in [-0.1, -0.05) is 0 Å². The number of hydrogen-bond donors (Lipinski definition) is 1. The number of alkyl halides is 3. The molecule has 2 aromatic rings. The van der Waals surface area contributed by atoms with E-state index < -0.39 is 56.1 Å². The number of anilines is 1. The topological polar surface area (TPSA) is 85.4 Å². The number of hydrogen-bond acceptors (Lipinski definition) is 3. The minimum Gasteiger partial charge on any atom is -0.364 e. The molecule has 0 saturated heterocycles. The van der Waals surface area contributed by atoms with Crippen molar-refractivity contribution in [2.75, 3.05) is 4.31 Å². The summed E-state index contributed by atoms with van der Waals surface area (Å²) in [5, 5.41) is 0. The Morgan fingerprint density at radius 1 is 1.22 bits per heavy atom. The minimum atomic E-state index is -5.28. The van der Waals surface area contributed by atoms with Crippen LogP contribution >= 0.6 is 0 Å². The van der Waals surface area contributed by atoms with Gasteiger partial charge in [-0.2, -0.15) is 0 Å². The summed E-state index contributed by atoms with van der Waals surface area (Å²) in [5.41, 5.74) is 3.45. The largest absolute Gasteiger partial charge is 0.364 e. The van der Waals surface area contributed by atoms with E-state index in [1.807, 2.05) is 0 Å². The van der Waals surface area contributed by atoms with Gasteiger partial charge in [0.2, 0.25) is 0 Å². The number of benzene rings is 1. The molecular weight excluding hydrogens is 397 g/mol. The highest BCUT2D eigenvalue weighted by Crippen LogP contribution is 2.37. The van der Waals surface area contributed by atoms with E-state index in [4.69, 9.17) is 5.73 Å². The standard InChI is InChI=1S/C15H14F5N3O3S/c1-15(20,14(18)19)23(9-5-3-8(16)4-6-9)27(25,26)10-7-22(2)12(11(10)17)13(21)24/h3-7,14H,1-2H3,(H2,21,24)/t15-/m0/s1. The molecule has 27 heavy (non-hydrogen) atoms. The number of nitrogens with two attached hydrogens (primary N) is 1. The molecule has 0 aliphatic carbocycles. The summed E-state index contributed by atoms with van der Waals surface area (Å²) in [6.45, 7) is 0.272. The van der Waals surface area contributed by atoms with Crippen LogP contribution in [0.3, 0.4) is 0 Å². The summed E-state index contributed by atoms with van der Waals surface area (Å²) in [6.07, 6.45) is -3.23. The molecular formula is C15H14F5N3O3S. The molecule has 2 rings (SSSR count). The summed E-state index contributed by atoms with van der Waals surface area (Å²) >= 11 is 0. The van der Waals surface area contributed by atoms with Gasteiger partial charge < -0.3 is 10.3 Å². The first kappa shape index (κ1) is 20.7. The molecule has 6 nitrogen and oxygen atoms in total. The molecule has 0 aliphatic rings. The van der Waals surface area contributed by atoms with E-state index in [1.165, 1.54) is 0 Å². The molecule has 0 unspecified atom stereocenters. The van der Waals surface area contributed by atoms with Crippen molar-refractivity contribution < 1.29 is 35.2 Å². The van der Waals surface area contributed by atoms with Gasteiger partial charge in [-0.15, -0.1) is 0 Å². The Kier molecular flexibility index (Phi) is 5.23. The van der Waals surface area contributed by atoms with Crippen LogP contribution in [0.2, 0.25) is 0 Å². The number of carbonyl (C=O) groups excluding carboxylic acids is 1. The maximum atomic E-state index is 14.7. The van der Waals surface area contributed by atoms with Crippen LogP contribution in [0.5, 0.6) is 0 Å². The highest BCUT2D eigenvalue weighted by atomic mass is 32.2. The molecule has 0 fully saturated rings. The average Bonchev–Trinajstić information content (AvgIpc) is 2.84. The monoisotopic (exact) mass is 411 g/mol. The zero-order valence-electron chi connectivity index (χ0n) is 14.0. The van der Waals surface area contributed by atoms with Crippen molar-refractivity contribution in [1.29, 1.82) is 0 Å². The number of aryl methyl sites for hydroxylation is 1. The van der Waals surface area contributed by atoms with Crippen molar-refractivity contribution in [3.8, 4) is 0 Å². The third-order valence-corrected chi connectivity index (χ3v) is 5.58. The molecule has 1 aromatic heterocycles. The second kappa shape index (κ2) is 6.83. The summed E-state index contributed by atoms with van der Waals surface area (Å²) in [4.78, 5) is 10.0. The Balaban J connectivity index is 2.77. The lowest BCUT2D eigenvalue weighted by atomic mass is 10.2. The summed E-state index contributed by atoms with van der Waals surface area (Å²) in [6, 6.07) is 2.91. The van der Waals surface area contributed by atoms with Gasteiger partial charge in [0, 0.05) is 13.2 Å². The smallest absolute Gasteiger partial charge is 0.291 e. The lowest BCUT2D eigenvalue weighted by Crippen LogP contribution is -2.51. The van der Waals surface area contributed by atoms with Gasteiger partial charge in [-0.25, -0.2) is 34.7 Å². The highest BCUT2D eigenvalue weighted by molar-refractivity contribution is 7.93. The van der Waals surface area contributed by atoms with E-state index >= 15 is 0 Å². The third kappa shape index (κ3) is 3.48. The van der Waals surface area contributed by atoms with Gasteiger partial charge in [0.15, 0.2) is 5.82 Å². The number of primary amides is 1. The molecule has 0 aliphatic heterocycles. The van der Waals surface area contributed by atoms with Gasteiger partial charge in [-0.3, -0.25) is 4.79 Å². The first-order chi connectivity index (χ1) is 12.3. The van der Waals surface area contributed by atoms with Crippen LogP contribution in [0.1, 0.15) is 17.4 Å². The number of nitrogens with zero attached hydrogens (tertiary/aromatic N) is 2. The number of amides is 1. The lowest BCUT2D eigenvalue weighted by Gasteiger charge is -2.34. The quantitative estimate of drug-likeness (QED) is 0.586. The van der Waals surface area contributed by atoms with Gasteiger partial charge in [0.25, 0.3) is 28.1 Å². The molecule has 1 aromatic carbocycles. The van der Waals surface area contributed by atoms with Gasteiger partial charge in [0.05, 0.1) is 5.69 Å².